The normalized spacial score (nSPS) is 18.9. The maximum atomic E-state index is 11.7. The van der Waals surface area contributed by atoms with E-state index in [0.717, 1.165) is 42.0 Å². The van der Waals surface area contributed by atoms with E-state index < -0.39 is 5.91 Å². The molecule has 1 aliphatic rings. The largest absolute Gasteiger partial charge is 0.379 e. The fourth-order valence-electron chi connectivity index (χ4n) is 3.68. The molecule has 2 unspecified atom stereocenters. The van der Waals surface area contributed by atoms with Crippen LogP contribution in [-0.4, -0.2) is 33.0 Å². The first-order valence-corrected chi connectivity index (χ1v) is 9.80. The zero-order valence-electron chi connectivity index (χ0n) is 16.1. The lowest BCUT2D eigenvalue weighted by atomic mass is 9.91. The number of aromatic nitrogens is 3. The van der Waals surface area contributed by atoms with Crippen LogP contribution in [0, 0.1) is 0 Å². The number of carbonyl (C=O) groups is 1. The van der Waals surface area contributed by atoms with Crippen molar-refractivity contribution in [3.63, 3.8) is 0 Å². The third kappa shape index (κ3) is 4.38. The second-order valence-electron chi connectivity index (χ2n) is 7.32. The number of hydrogen-bond donors (Lipinski definition) is 4. The first kappa shape index (κ1) is 18.9. The van der Waals surface area contributed by atoms with Gasteiger partial charge in [0, 0.05) is 23.3 Å². The number of nitrogens with two attached hydrogens (primary N) is 2. The van der Waals surface area contributed by atoms with Crippen LogP contribution in [0.3, 0.4) is 0 Å². The number of benzene rings is 2. The number of primary amides is 1. The fraction of sp³-hybridized carbons (Fsp3) is 0.286. The molecule has 2 aromatic carbocycles. The highest BCUT2D eigenvalue weighted by molar-refractivity contribution is 5.95. The lowest BCUT2D eigenvalue weighted by Gasteiger charge is -2.31. The molecule has 1 aliphatic carbocycles. The average Bonchev–Trinajstić information content (AvgIpc) is 3.26. The Balaban J connectivity index is 1.63. The van der Waals surface area contributed by atoms with Gasteiger partial charge >= 0.3 is 0 Å². The second-order valence-corrected chi connectivity index (χ2v) is 7.32. The molecule has 1 heterocycles. The highest BCUT2D eigenvalue weighted by Gasteiger charge is 2.22. The van der Waals surface area contributed by atoms with Crippen LogP contribution in [0.4, 0.5) is 17.1 Å². The number of carbonyl (C=O) groups excluding carboxylic acids is 1. The van der Waals surface area contributed by atoms with Crippen LogP contribution in [0.5, 0.6) is 0 Å². The Morgan fingerprint density at radius 3 is 2.59 bits per heavy atom. The smallest absolute Gasteiger partial charge is 0.248 e. The van der Waals surface area contributed by atoms with Crippen LogP contribution in [0.1, 0.15) is 36.0 Å². The quantitative estimate of drug-likeness (QED) is 0.512. The van der Waals surface area contributed by atoms with E-state index in [4.69, 9.17) is 11.5 Å². The van der Waals surface area contributed by atoms with Gasteiger partial charge in [-0.05, 0) is 49.2 Å². The summed E-state index contributed by atoms with van der Waals surface area (Å²) in [7, 11) is 0. The highest BCUT2D eigenvalue weighted by atomic mass is 16.1. The van der Waals surface area contributed by atoms with Crippen molar-refractivity contribution in [3.8, 4) is 5.69 Å². The molecule has 0 saturated heterocycles. The summed E-state index contributed by atoms with van der Waals surface area (Å²) >= 11 is 0. The van der Waals surface area contributed by atoms with Crippen molar-refractivity contribution in [1.29, 1.82) is 0 Å². The molecule has 150 valence electrons. The molecule has 0 spiro atoms. The second kappa shape index (κ2) is 8.32. The van der Waals surface area contributed by atoms with E-state index in [2.05, 4.69) is 20.8 Å². The topological polar surface area (TPSA) is 124 Å². The van der Waals surface area contributed by atoms with Crippen LogP contribution in [-0.2, 0) is 0 Å². The molecule has 1 saturated carbocycles. The molecule has 8 heteroatoms. The van der Waals surface area contributed by atoms with Crippen molar-refractivity contribution in [1.82, 2.24) is 15.0 Å². The summed E-state index contributed by atoms with van der Waals surface area (Å²) < 4.78 is 0. The van der Waals surface area contributed by atoms with Crippen LogP contribution >= 0.6 is 0 Å². The van der Waals surface area contributed by atoms with Gasteiger partial charge in [0.05, 0.1) is 29.5 Å². The van der Waals surface area contributed by atoms with Gasteiger partial charge in [-0.1, -0.05) is 18.9 Å². The van der Waals surface area contributed by atoms with E-state index in [9.17, 15) is 4.79 Å². The molecule has 6 N–H and O–H groups in total. The first-order chi connectivity index (χ1) is 14.1. The third-order valence-corrected chi connectivity index (χ3v) is 5.24. The highest BCUT2D eigenvalue weighted by Crippen LogP contribution is 2.30. The molecule has 0 radical (unpaired) electrons. The van der Waals surface area contributed by atoms with E-state index in [1.807, 2.05) is 30.3 Å². The van der Waals surface area contributed by atoms with Gasteiger partial charge in [-0.15, -0.1) is 0 Å². The monoisotopic (exact) mass is 391 g/mol. The molecular formula is C21H25N7O. The Bertz CT molecular complexity index is 986. The first-order valence-electron chi connectivity index (χ1n) is 9.80. The molecule has 0 bridgehead atoms. The van der Waals surface area contributed by atoms with Gasteiger partial charge in [0.15, 0.2) is 0 Å². The zero-order valence-corrected chi connectivity index (χ0v) is 16.1. The summed E-state index contributed by atoms with van der Waals surface area (Å²) in [4.78, 5) is 13.2. The van der Waals surface area contributed by atoms with Gasteiger partial charge in [0.25, 0.3) is 0 Å². The van der Waals surface area contributed by atoms with Crippen molar-refractivity contribution in [3.05, 3.63) is 60.4 Å². The van der Waals surface area contributed by atoms with Crippen molar-refractivity contribution in [2.24, 2.45) is 11.5 Å². The van der Waals surface area contributed by atoms with Crippen LogP contribution in [0.25, 0.3) is 5.69 Å². The van der Waals surface area contributed by atoms with Crippen molar-refractivity contribution >= 4 is 23.0 Å². The molecule has 29 heavy (non-hydrogen) atoms. The summed E-state index contributed by atoms with van der Waals surface area (Å²) in [6.07, 6.45) is 7.63. The lowest BCUT2D eigenvalue weighted by Crippen LogP contribution is -2.42. The minimum atomic E-state index is -0.469. The predicted octanol–water partition coefficient (Wildman–Crippen LogP) is 2.79. The zero-order chi connectivity index (χ0) is 20.2. The number of amides is 1. The van der Waals surface area contributed by atoms with Gasteiger partial charge in [-0.2, -0.15) is 15.0 Å². The van der Waals surface area contributed by atoms with Gasteiger partial charge in [0.2, 0.25) is 5.91 Å². The van der Waals surface area contributed by atoms with E-state index in [1.165, 1.54) is 6.42 Å². The Morgan fingerprint density at radius 1 is 1.03 bits per heavy atom. The SMILES string of the molecule is NC(=O)c1ccc(NC2CCCCC2N)c(Nc2cccc(-n3nccn3)c2)c1. The van der Waals surface area contributed by atoms with Gasteiger partial charge < -0.3 is 22.1 Å². The molecule has 2 atom stereocenters. The minimum absolute atomic E-state index is 0.113. The molecule has 8 nitrogen and oxygen atoms in total. The number of nitrogens with zero attached hydrogens (tertiary/aromatic N) is 3. The maximum Gasteiger partial charge on any atom is 0.248 e. The number of rotatable bonds is 6. The van der Waals surface area contributed by atoms with Crippen LogP contribution < -0.4 is 22.1 Å². The summed E-state index contributed by atoms with van der Waals surface area (Å²) in [5.41, 5.74) is 15.6. The van der Waals surface area contributed by atoms with E-state index >= 15 is 0 Å². The fourth-order valence-corrected chi connectivity index (χ4v) is 3.68. The number of anilines is 3. The molecular weight excluding hydrogens is 366 g/mol. The lowest BCUT2D eigenvalue weighted by molar-refractivity contribution is 0.100. The molecule has 3 aromatic rings. The van der Waals surface area contributed by atoms with Crippen LogP contribution in [0.2, 0.25) is 0 Å². The average molecular weight is 391 g/mol. The van der Waals surface area contributed by atoms with Gasteiger partial charge in [-0.3, -0.25) is 4.79 Å². The van der Waals surface area contributed by atoms with E-state index in [-0.39, 0.29) is 12.1 Å². The van der Waals surface area contributed by atoms with E-state index in [0.29, 0.717) is 5.56 Å². The molecule has 1 aromatic heterocycles. The van der Waals surface area contributed by atoms with Gasteiger partial charge in [-0.25, -0.2) is 0 Å². The van der Waals surface area contributed by atoms with Crippen LogP contribution in [0.15, 0.2) is 54.9 Å². The molecule has 1 amide bonds. The number of hydrogen-bond acceptors (Lipinski definition) is 6. The van der Waals surface area contributed by atoms with Crippen molar-refractivity contribution < 1.29 is 4.79 Å². The molecule has 4 rings (SSSR count). The molecule has 1 fully saturated rings. The molecule has 0 aliphatic heterocycles. The predicted molar refractivity (Wildman–Crippen MR) is 113 cm³/mol. The van der Waals surface area contributed by atoms with Crippen molar-refractivity contribution in [2.75, 3.05) is 10.6 Å². The van der Waals surface area contributed by atoms with Gasteiger partial charge in [0.1, 0.15) is 0 Å². The minimum Gasteiger partial charge on any atom is -0.379 e. The summed E-state index contributed by atoms with van der Waals surface area (Å²) in [5, 5.41) is 15.3. The Morgan fingerprint density at radius 2 is 1.83 bits per heavy atom. The Kier molecular flexibility index (Phi) is 5.44. The van der Waals surface area contributed by atoms with Crippen molar-refractivity contribution in [2.45, 2.75) is 37.8 Å². The summed E-state index contributed by atoms with van der Waals surface area (Å²) in [6.45, 7) is 0. The Hall–Kier alpha value is -3.39. The summed E-state index contributed by atoms with van der Waals surface area (Å²) in [6, 6.07) is 13.4. The maximum absolute atomic E-state index is 11.7. The van der Waals surface area contributed by atoms with E-state index in [1.54, 1.807) is 29.3 Å². The standard InChI is InChI=1S/C21H25N7O/c22-17-6-1-2-7-18(17)27-19-9-8-14(21(23)29)12-20(19)26-15-4-3-5-16(13-15)28-24-10-11-25-28/h3-5,8-13,17-18,26-27H,1-2,6-7,22H2,(H2,23,29). The Labute approximate surface area is 169 Å². The number of nitrogens with one attached hydrogen (secondary N) is 2. The summed E-state index contributed by atoms with van der Waals surface area (Å²) in [5.74, 6) is -0.469. The third-order valence-electron chi connectivity index (χ3n) is 5.24.